The summed E-state index contributed by atoms with van der Waals surface area (Å²) >= 11 is 0. The highest BCUT2D eigenvalue weighted by Crippen LogP contribution is 2.39. The second-order valence-corrected chi connectivity index (χ2v) is 14.6. The Balaban J connectivity index is 1.89. The third-order valence-corrected chi connectivity index (χ3v) is 10.1. The molecule has 0 bridgehead atoms. The Morgan fingerprint density at radius 1 is 0.636 bits per heavy atom. The molecule has 8 amide bonds. The predicted molar refractivity (Wildman–Crippen MR) is 202 cm³/mol. The van der Waals surface area contributed by atoms with Crippen LogP contribution in [-0.2, 0) is 38.2 Å². The smallest absolute Gasteiger partial charge is 0.407 e. The Morgan fingerprint density at radius 2 is 1.09 bits per heavy atom. The molecule has 2 saturated carbocycles. The third-order valence-electron chi connectivity index (χ3n) is 10.1. The minimum Gasteiger partial charge on any atom is -0.453 e. The van der Waals surface area contributed by atoms with Crippen molar-refractivity contribution in [2.75, 3.05) is 60.5 Å². The van der Waals surface area contributed by atoms with Crippen molar-refractivity contribution in [1.82, 2.24) is 31.1 Å². The van der Waals surface area contributed by atoms with E-state index in [-0.39, 0.29) is 62.5 Å². The molecule has 18 heteroatoms. The van der Waals surface area contributed by atoms with E-state index in [0.717, 1.165) is 25.7 Å². The van der Waals surface area contributed by atoms with Gasteiger partial charge in [0.25, 0.3) is 0 Å². The van der Waals surface area contributed by atoms with Crippen molar-refractivity contribution in [3.63, 3.8) is 0 Å². The lowest BCUT2D eigenvalue weighted by molar-refractivity contribution is -0.139. The van der Waals surface area contributed by atoms with Crippen molar-refractivity contribution >= 4 is 47.6 Å². The largest absolute Gasteiger partial charge is 0.453 e. The van der Waals surface area contributed by atoms with Crippen LogP contribution >= 0.6 is 0 Å². The third kappa shape index (κ3) is 19.5. The first-order valence-electron chi connectivity index (χ1n) is 19.6. The number of unbranched alkanes of at least 4 members (excludes halogenated alkanes) is 3. The fraction of sp³-hybridized carbons (Fsp3) is 0.784. The van der Waals surface area contributed by atoms with E-state index in [2.05, 4.69) is 30.7 Å². The van der Waals surface area contributed by atoms with Crippen LogP contribution in [0.4, 0.5) is 9.59 Å². The number of nitrogens with two attached hydrogens (primary N) is 2. The molecule has 18 nitrogen and oxygen atoms in total. The van der Waals surface area contributed by atoms with Gasteiger partial charge in [-0.3, -0.25) is 28.8 Å². The summed E-state index contributed by atoms with van der Waals surface area (Å²) in [6.07, 6.45) is 8.18. The van der Waals surface area contributed by atoms with Gasteiger partial charge in [-0.1, -0.05) is 12.8 Å². The minimum absolute atomic E-state index is 0.0577. The fourth-order valence-electron chi connectivity index (χ4n) is 6.54. The van der Waals surface area contributed by atoms with Gasteiger partial charge in [0.05, 0.1) is 14.2 Å². The van der Waals surface area contributed by atoms with Gasteiger partial charge < -0.3 is 52.0 Å². The standard InChI is InChI=1S/C37H64N8O10/c1-44(35(51)29(43-37(53)55-3)13-6-9-21-42-36(52)54-2)22-10-14-32(48)45(23-30(46)40-19-7-4-11-27(33(38)49)25-15-16-25)24-31(47)41-20-8-5-12-28(34(39)50)26-17-18-26/h25-29H,4-24H2,1-3H3,(H2,38,49)(H2,39,50)(H,40,46)(H,41,47)(H,42,52)(H,43,53)/t27?,28?,29-/m0/s1. The van der Waals surface area contributed by atoms with Crippen molar-refractivity contribution in [3.05, 3.63) is 0 Å². The van der Waals surface area contributed by atoms with Crippen LogP contribution < -0.4 is 32.7 Å². The molecule has 2 unspecified atom stereocenters. The highest BCUT2D eigenvalue weighted by molar-refractivity contribution is 5.89. The van der Waals surface area contributed by atoms with Crippen molar-refractivity contribution in [2.45, 2.75) is 102 Å². The molecule has 2 aliphatic rings. The maximum Gasteiger partial charge on any atom is 0.407 e. The normalized spacial score (nSPS) is 15.0. The van der Waals surface area contributed by atoms with Gasteiger partial charge in [0.1, 0.15) is 19.1 Å². The number of alkyl carbamates (subject to hydrolysis) is 2. The second kappa shape index (κ2) is 25.4. The maximum atomic E-state index is 13.4. The summed E-state index contributed by atoms with van der Waals surface area (Å²) in [4.78, 5) is 102. The fourth-order valence-corrected chi connectivity index (χ4v) is 6.54. The van der Waals surface area contributed by atoms with Gasteiger partial charge in [0, 0.05) is 51.5 Å². The quantitative estimate of drug-likeness (QED) is 0.0585. The maximum absolute atomic E-state index is 13.4. The molecule has 0 aromatic rings. The van der Waals surface area contributed by atoms with Gasteiger partial charge in [-0.25, -0.2) is 9.59 Å². The number of hydrogen-bond acceptors (Lipinski definition) is 10. The van der Waals surface area contributed by atoms with Crippen LogP contribution in [-0.4, -0.2) is 124 Å². The number of carbonyl (C=O) groups excluding carboxylic acids is 8. The summed E-state index contributed by atoms with van der Waals surface area (Å²) in [5.74, 6) is -1.86. The van der Waals surface area contributed by atoms with E-state index in [0.29, 0.717) is 82.8 Å². The van der Waals surface area contributed by atoms with Gasteiger partial charge in [0.15, 0.2) is 0 Å². The first kappa shape index (κ1) is 46.5. The van der Waals surface area contributed by atoms with Crippen LogP contribution in [0.15, 0.2) is 0 Å². The lowest BCUT2D eigenvalue weighted by Gasteiger charge is -2.25. The topological polar surface area (TPSA) is 262 Å². The SMILES string of the molecule is COC(=O)NCCCC[C@H](NC(=O)OC)C(=O)N(C)CCCC(=O)N(CC(=O)NCCCCC(C(N)=O)C1CC1)CC(=O)NCCCCC(C(N)=O)C1CC1. The molecule has 0 aromatic heterocycles. The average molecular weight is 781 g/mol. The van der Waals surface area contributed by atoms with Crippen molar-refractivity contribution in [1.29, 1.82) is 0 Å². The zero-order valence-electron chi connectivity index (χ0n) is 32.9. The zero-order chi connectivity index (χ0) is 40.8. The van der Waals surface area contributed by atoms with Crippen LogP contribution in [0.1, 0.15) is 96.3 Å². The van der Waals surface area contributed by atoms with E-state index < -0.39 is 41.9 Å². The monoisotopic (exact) mass is 780 g/mol. The molecule has 0 saturated heterocycles. The molecule has 0 radical (unpaired) electrons. The lowest BCUT2D eigenvalue weighted by atomic mass is 9.96. The highest BCUT2D eigenvalue weighted by Gasteiger charge is 2.35. The highest BCUT2D eigenvalue weighted by atomic mass is 16.5. The Kier molecular flexibility index (Phi) is 21.5. The molecule has 0 heterocycles. The number of nitrogens with one attached hydrogen (secondary N) is 4. The first-order chi connectivity index (χ1) is 26.3. The van der Waals surface area contributed by atoms with E-state index in [4.69, 9.17) is 11.5 Å². The first-order valence-corrected chi connectivity index (χ1v) is 19.6. The molecule has 3 atom stereocenters. The van der Waals surface area contributed by atoms with E-state index in [1.807, 2.05) is 0 Å². The molecule has 0 spiro atoms. The van der Waals surface area contributed by atoms with Crippen LogP contribution in [0.2, 0.25) is 0 Å². The minimum atomic E-state index is -0.902. The van der Waals surface area contributed by atoms with Gasteiger partial charge >= 0.3 is 12.2 Å². The van der Waals surface area contributed by atoms with Gasteiger partial charge in [-0.15, -0.1) is 0 Å². The molecule has 2 aliphatic carbocycles. The van der Waals surface area contributed by atoms with Gasteiger partial charge in [0.2, 0.25) is 35.4 Å². The average Bonchev–Trinajstić information content (AvgIpc) is 4.08. The number of carbonyl (C=O) groups is 8. The number of nitrogens with zero attached hydrogens (tertiary/aromatic N) is 2. The van der Waals surface area contributed by atoms with Gasteiger partial charge in [-0.2, -0.15) is 0 Å². The summed E-state index contributed by atoms with van der Waals surface area (Å²) in [6, 6.07) is -0.902. The lowest BCUT2D eigenvalue weighted by Crippen LogP contribution is -2.48. The number of ether oxygens (including phenoxy) is 2. The molecule has 2 rings (SSSR count). The Hall–Kier alpha value is -4.64. The molecular formula is C37H64N8O10. The summed E-state index contributed by atoms with van der Waals surface area (Å²) in [5, 5.41) is 10.7. The van der Waals surface area contributed by atoms with E-state index >= 15 is 0 Å². The Morgan fingerprint density at radius 3 is 1.53 bits per heavy atom. The predicted octanol–water partition coefficient (Wildman–Crippen LogP) is 0.901. The number of hydrogen-bond donors (Lipinski definition) is 6. The molecule has 312 valence electrons. The zero-order valence-corrected chi connectivity index (χ0v) is 32.9. The van der Waals surface area contributed by atoms with E-state index in [1.165, 1.54) is 24.0 Å². The number of rotatable bonds is 29. The van der Waals surface area contributed by atoms with E-state index in [9.17, 15) is 38.4 Å². The van der Waals surface area contributed by atoms with Crippen LogP contribution in [0.5, 0.6) is 0 Å². The molecule has 8 N–H and O–H groups in total. The second-order valence-electron chi connectivity index (χ2n) is 14.6. The summed E-state index contributed by atoms with van der Waals surface area (Å²) in [5.41, 5.74) is 11.1. The molecule has 0 aromatic carbocycles. The van der Waals surface area contributed by atoms with Crippen molar-refractivity contribution < 1.29 is 47.8 Å². The van der Waals surface area contributed by atoms with Crippen molar-refractivity contribution in [3.8, 4) is 0 Å². The van der Waals surface area contributed by atoms with Crippen LogP contribution in [0.25, 0.3) is 0 Å². The van der Waals surface area contributed by atoms with Crippen molar-refractivity contribution in [2.24, 2.45) is 35.1 Å². The molecule has 0 aliphatic heterocycles. The molecule has 55 heavy (non-hydrogen) atoms. The van der Waals surface area contributed by atoms with Gasteiger partial charge in [-0.05, 0) is 88.9 Å². The molecular weight excluding hydrogens is 716 g/mol. The number of amides is 8. The summed E-state index contributed by atoms with van der Waals surface area (Å²) in [6.45, 7) is 0.471. The van der Waals surface area contributed by atoms with E-state index in [1.54, 1.807) is 7.05 Å². The number of likely N-dealkylation sites (N-methyl/N-ethyl adjacent to an activating group) is 1. The van der Waals surface area contributed by atoms with Crippen LogP contribution in [0.3, 0.4) is 0 Å². The Labute approximate surface area is 324 Å². The summed E-state index contributed by atoms with van der Waals surface area (Å²) < 4.78 is 9.21. The summed E-state index contributed by atoms with van der Waals surface area (Å²) in [7, 11) is 3.99. The van der Waals surface area contributed by atoms with Crippen LogP contribution in [0, 0.1) is 23.7 Å². The number of primary amides is 2. The number of methoxy groups -OCH3 is 2. The molecule has 2 fully saturated rings. The Bertz CT molecular complexity index is 1240.